The van der Waals surface area contributed by atoms with Gasteiger partial charge in [0.05, 0.1) is 31.5 Å². The van der Waals surface area contributed by atoms with E-state index in [0.717, 1.165) is 0 Å². The molecule has 1 atom stereocenters. The Labute approximate surface area is 197 Å². The predicted octanol–water partition coefficient (Wildman–Crippen LogP) is 5.61. The lowest BCUT2D eigenvalue weighted by atomic mass is 9.95. The van der Waals surface area contributed by atoms with E-state index >= 15 is 0 Å². The smallest absolute Gasteiger partial charge is 0.290 e. The molecule has 0 saturated heterocycles. The molecule has 3 heterocycles. The van der Waals surface area contributed by atoms with Crippen molar-refractivity contribution < 1.29 is 32.7 Å². The van der Waals surface area contributed by atoms with Gasteiger partial charge in [0.15, 0.2) is 22.9 Å². The number of ketones is 1. The largest absolute Gasteiger partial charge is 0.503 e. The van der Waals surface area contributed by atoms with Crippen LogP contribution in [-0.2, 0) is 11.3 Å². The molecule has 2 aromatic carbocycles. The standard InChI is InChI=1S/C25H17ClFNO6/c1-32-19-11-15(26)9-14-10-18(34-24(14)19)22(29)20-21(13-4-6-16(27)7-5-13)28(25(31)23(20)30)12-17-3-2-8-33-17/h2-11,21,30H,12H2,1H3. The average Bonchev–Trinajstić information content (AvgIpc) is 3.54. The Morgan fingerprint density at radius 2 is 1.97 bits per heavy atom. The lowest BCUT2D eigenvalue weighted by molar-refractivity contribution is -0.130. The molecule has 0 aliphatic carbocycles. The van der Waals surface area contributed by atoms with Gasteiger partial charge in [-0.3, -0.25) is 9.59 Å². The molecule has 0 bridgehead atoms. The Morgan fingerprint density at radius 1 is 1.21 bits per heavy atom. The number of Topliss-reactive ketones (excluding diaryl/α,β-unsaturated/α-hetero) is 1. The van der Waals surface area contributed by atoms with Gasteiger partial charge in [0.25, 0.3) is 5.91 Å². The number of carbonyl (C=O) groups excluding carboxylic acids is 2. The van der Waals surface area contributed by atoms with Crippen LogP contribution in [0.25, 0.3) is 11.0 Å². The first-order valence-electron chi connectivity index (χ1n) is 10.2. The molecule has 1 N–H and O–H groups in total. The van der Waals surface area contributed by atoms with E-state index in [4.69, 9.17) is 25.2 Å². The van der Waals surface area contributed by atoms with Crippen molar-refractivity contribution in [1.29, 1.82) is 0 Å². The van der Waals surface area contributed by atoms with Crippen LogP contribution in [0.3, 0.4) is 0 Å². The zero-order valence-corrected chi connectivity index (χ0v) is 18.5. The first kappa shape index (κ1) is 21.8. The summed E-state index contributed by atoms with van der Waals surface area (Å²) in [5, 5.41) is 11.7. The summed E-state index contributed by atoms with van der Waals surface area (Å²) in [4.78, 5) is 27.9. The fourth-order valence-electron chi connectivity index (χ4n) is 4.09. The second-order valence-electron chi connectivity index (χ2n) is 7.69. The lowest BCUT2D eigenvalue weighted by Gasteiger charge is -2.25. The van der Waals surface area contributed by atoms with Crippen LogP contribution in [0.15, 0.2) is 81.0 Å². The minimum atomic E-state index is -0.996. The van der Waals surface area contributed by atoms with Crippen LogP contribution in [0.5, 0.6) is 5.75 Å². The number of amides is 1. The van der Waals surface area contributed by atoms with Crippen molar-refractivity contribution in [2.45, 2.75) is 12.6 Å². The summed E-state index contributed by atoms with van der Waals surface area (Å²) in [5.41, 5.74) is 0.545. The molecule has 0 fully saturated rings. The fraction of sp³-hybridized carbons (Fsp3) is 0.120. The molecule has 1 aliphatic heterocycles. The van der Waals surface area contributed by atoms with Crippen molar-refractivity contribution in [3.05, 3.63) is 100 Å². The van der Waals surface area contributed by atoms with Crippen molar-refractivity contribution in [3.8, 4) is 5.75 Å². The molecule has 0 saturated carbocycles. The number of nitrogens with zero attached hydrogens (tertiary/aromatic N) is 1. The monoisotopic (exact) mass is 481 g/mol. The topological polar surface area (TPSA) is 93.1 Å². The number of rotatable bonds is 6. The SMILES string of the molecule is COc1cc(Cl)cc2cc(C(=O)C3=C(O)C(=O)N(Cc4ccco4)C3c3ccc(F)cc3)oc12. The zero-order chi connectivity index (χ0) is 24.0. The zero-order valence-electron chi connectivity index (χ0n) is 17.7. The quantitative estimate of drug-likeness (QED) is 0.360. The average molecular weight is 482 g/mol. The Balaban J connectivity index is 1.61. The Morgan fingerprint density at radius 3 is 2.65 bits per heavy atom. The van der Waals surface area contributed by atoms with Crippen molar-refractivity contribution in [2.75, 3.05) is 7.11 Å². The maximum Gasteiger partial charge on any atom is 0.290 e. The predicted molar refractivity (Wildman–Crippen MR) is 120 cm³/mol. The van der Waals surface area contributed by atoms with E-state index in [9.17, 15) is 19.1 Å². The van der Waals surface area contributed by atoms with E-state index in [2.05, 4.69) is 0 Å². The number of methoxy groups -OCH3 is 1. The van der Waals surface area contributed by atoms with E-state index in [1.807, 2.05) is 0 Å². The second-order valence-corrected chi connectivity index (χ2v) is 8.13. The number of aliphatic hydroxyl groups is 1. The summed E-state index contributed by atoms with van der Waals surface area (Å²) in [6.07, 6.45) is 1.45. The van der Waals surface area contributed by atoms with Crippen LogP contribution in [0.2, 0.25) is 5.02 Å². The summed E-state index contributed by atoms with van der Waals surface area (Å²) in [6.45, 7) is -0.0156. The summed E-state index contributed by atoms with van der Waals surface area (Å²) in [6, 6.07) is 12.3. The molecule has 1 aliphatic rings. The van der Waals surface area contributed by atoms with Gasteiger partial charge in [0.2, 0.25) is 5.78 Å². The number of hydrogen-bond donors (Lipinski definition) is 1. The Bertz CT molecular complexity index is 1440. The molecule has 2 aromatic heterocycles. The minimum Gasteiger partial charge on any atom is -0.503 e. The Kier molecular flexibility index (Phi) is 5.37. The van der Waals surface area contributed by atoms with Crippen LogP contribution in [0, 0.1) is 5.82 Å². The molecule has 1 amide bonds. The molecule has 7 nitrogen and oxygen atoms in total. The summed E-state index contributed by atoms with van der Waals surface area (Å²) < 4.78 is 30.0. The van der Waals surface area contributed by atoms with Gasteiger partial charge < -0.3 is 23.6 Å². The third-order valence-electron chi connectivity index (χ3n) is 5.63. The summed E-state index contributed by atoms with van der Waals surface area (Å²) in [7, 11) is 1.44. The van der Waals surface area contributed by atoms with E-state index < -0.39 is 29.3 Å². The van der Waals surface area contributed by atoms with E-state index in [1.54, 1.807) is 24.3 Å². The highest BCUT2D eigenvalue weighted by Gasteiger charge is 2.45. The van der Waals surface area contributed by atoms with Crippen molar-refractivity contribution in [2.24, 2.45) is 0 Å². The molecule has 4 aromatic rings. The summed E-state index contributed by atoms with van der Waals surface area (Å²) in [5.74, 6) is -1.98. The van der Waals surface area contributed by atoms with E-state index in [-0.39, 0.29) is 17.9 Å². The molecule has 1 unspecified atom stereocenters. The summed E-state index contributed by atoms with van der Waals surface area (Å²) >= 11 is 6.12. The number of halogens is 2. The van der Waals surface area contributed by atoms with Crippen molar-refractivity contribution >= 4 is 34.3 Å². The van der Waals surface area contributed by atoms with Gasteiger partial charge in [-0.2, -0.15) is 0 Å². The number of hydrogen-bond acceptors (Lipinski definition) is 6. The number of ether oxygens (including phenoxy) is 1. The lowest BCUT2D eigenvalue weighted by Crippen LogP contribution is -2.30. The van der Waals surface area contributed by atoms with Crippen LogP contribution in [-0.4, -0.2) is 28.8 Å². The van der Waals surface area contributed by atoms with Gasteiger partial charge in [-0.1, -0.05) is 23.7 Å². The molecule has 172 valence electrons. The minimum absolute atomic E-state index is 0.0156. The molecule has 9 heteroatoms. The molecule has 34 heavy (non-hydrogen) atoms. The molecule has 5 rings (SSSR count). The number of furan rings is 2. The molecular weight excluding hydrogens is 465 g/mol. The molecule has 0 spiro atoms. The fourth-order valence-corrected chi connectivity index (χ4v) is 4.31. The number of aliphatic hydroxyl groups excluding tert-OH is 1. The number of carbonyl (C=O) groups is 2. The highest BCUT2D eigenvalue weighted by atomic mass is 35.5. The van der Waals surface area contributed by atoms with Gasteiger partial charge in [0.1, 0.15) is 11.6 Å². The van der Waals surface area contributed by atoms with Gasteiger partial charge in [0, 0.05) is 16.5 Å². The Hall–Kier alpha value is -4.04. The maximum absolute atomic E-state index is 13.6. The highest BCUT2D eigenvalue weighted by molar-refractivity contribution is 6.31. The first-order valence-corrected chi connectivity index (χ1v) is 10.6. The van der Waals surface area contributed by atoms with Gasteiger partial charge in [-0.15, -0.1) is 0 Å². The van der Waals surface area contributed by atoms with Gasteiger partial charge in [-0.25, -0.2) is 4.39 Å². The van der Waals surface area contributed by atoms with E-state index in [0.29, 0.717) is 33.1 Å². The maximum atomic E-state index is 13.6. The normalized spacial score (nSPS) is 16.0. The van der Waals surface area contributed by atoms with Crippen LogP contribution in [0.4, 0.5) is 4.39 Å². The van der Waals surface area contributed by atoms with E-state index in [1.165, 1.54) is 48.6 Å². The van der Waals surface area contributed by atoms with Crippen LogP contribution >= 0.6 is 11.6 Å². The van der Waals surface area contributed by atoms with Crippen LogP contribution in [0.1, 0.15) is 27.9 Å². The first-order chi connectivity index (χ1) is 16.4. The third kappa shape index (κ3) is 3.62. The number of benzene rings is 2. The second kappa shape index (κ2) is 8.39. The molecule has 0 radical (unpaired) electrons. The van der Waals surface area contributed by atoms with Gasteiger partial charge in [-0.05, 0) is 42.0 Å². The van der Waals surface area contributed by atoms with Crippen molar-refractivity contribution in [1.82, 2.24) is 4.90 Å². The number of fused-ring (bicyclic) bond motifs is 1. The van der Waals surface area contributed by atoms with Crippen LogP contribution < -0.4 is 4.74 Å². The highest BCUT2D eigenvalue weighted by Crippen LogP contribution is 2.41. The molecular formula is C25H17ClFNO6. The van der Waals surface area contributed by atoms with Crippen molar-refractivity contribution in [3.63, 3.8) is 0 Å². The van der Waals surface area contributed by atoms with Gasteiger partial charge >= 0.3 is 0 Å². The third-order valence-corrected chi connectivity index (χ3v) is 5.85.